The van der Waals surface area contributed by atoms with E-state index in [1.54, 1.807) is 0 Å². The van der Waals surface area contributed by atoms with E-state index in [1.807, 2.05) is 0 Å². The van der Waals surface area contributed by atoms with Gasteiger partial charge >= 0.3 is 6.18 Å². The molecule has 27 heavy (non-hydrogen) atoms. The summed E-state index contributed by atoms with van der Waals surface area (Å²) in [6.45, 7) is 1.30. The number of amides is 2. The van der Waals surface area contributed by atoms with Crippen LogP contribution >= 0.6 is 23.2 Å². The highest BCUT2D eigenvalue weighted by Crippen LogP contribution is 2.35. The predicted octanol–water partition coefficient (Wildman–Crippen LogP) is 5.62. The smallest absolute Gasteiger partial charge is 0.325 e. The Bertz CT molecular complexity index is 912. The lowest BCUT2D eigenvalue weighted by Gasteiger charge is -2.11. The Hall–Kier alpha value is -2.51. The maximum Gasteiger partial charge on any atom is 0.417 e. The largest absolute Gasteiger partial charge is 0.417 e. The van der Waals surface area contributed by atoms with E-state index < -0.39 is 22.7 Å². The second-order valence-corrected chi connectivity index (χ2v) is 6.27. The second-order valence-electron chi connectivity index (χ2n) is 5.43. The molecule has 0 saturated heterocycles. The molecule has 0 heterocycles. The van der Waals surface area contributed by atoms with Crippen LogP contribution in [0.3, 0.4) is 0 Å². The van der Waals surface area contributed by atoms with E-state index in [-0.39, 0.29) is 17.2 Å². The molecule has 2 aromatic rings. The quantitative estimate of drug-likeness (QED) is 0.635. The fourth-order valence-corrected chi connectivity index (χ4v) is 2.53. The average Bonchev–Trinajstić information content (AvgIpc) is 2.55. The predicted molar refractivity (Wildman–Crippen MR) is 99.9 cm³/mol. The Kier molecular flexibility index (Phi) is 6.51. The van der Waals surface area contributed by atoms with Gasteiger partial charge in [0.1, 0.15) is 0 Å². The van der Waals surface area contributed by atoms with Crippen molar-refractivity contribution in [3.8, 4) is 0 Å². The van der Waals surface area contributed by atoms with Gasteiger partial charge in [0.2, 0.25) is 11.8 Å². The number of hydrogen-bond donors (Lipinski definition) is 2. The SMILES string of the molecule is CC(=O)Nc1ccc(Cl)cc1NC(=O)C=Cc1ccc(Cl)c(C(F)(F)F)c1. The van der Waals surface area contributed by atoms with Gasteiger partial charge < -0.3 is 10.6 Å². The number of carbonyl (C=O) groups is 2. The minimum atomic E-state index is -4.60. The Morgan fingerprint density at radius 2 is 1.70 bits per heavy atom. The summed E-state index contributed by atoms with van der Waals surface area (Å²) in [4.78, 5) is 23.3. The molecule has 0 fully saturated rings. The van der Waals surface area contributed by atoms with Crippen molar-refractivity contribution in [1.29, 1.82) is 0 Å². The highest BCUT2D eigenvalue weighted by atomic mass is 35.5. The van der Waals surface area contributed by atoms with Crippen molar-refractivity contribution in [2.75, 3.05) is 10.6 Å². The monoisotopic (exact) mass is 416 g/mol. The summed E-state index contributed by atoms with van der Waals surface area (Å²) in [5.74, 6) is -0.961. The van der Waals surface area contributed by atoms with E-state index >= 15 is 0 Å². The molecule has 0 radical (unpaired) electrons. The van der Waals surface area contributed by atoms with Crippen molar-refractivity contribution in [2.45, 2.75) is 13.1 Å². The fraction of sp³-hybridized carbons (Fsp3) is 0.111. The van der Waals surface area contributed by atoms with Crippen LogP contribution in [0.1, 0.15) is 18.1 Å². The van der Waals surface area contributed by atoms with Crippen LogP contribution in [0.4, 0.5) is 24.5 Å². The summed E-state index contributed by atoms with van der Waals surface area (Å²) >= 11 is 11.4. The topological polar surface area (TPSA) is 58.2 Å². The van der Waals surface area contributed by atoms with Crippen LogP contribution in [0, 0.1) is 0 Å². The summed E-state index contributed by atoms with van der Waals surface area (Å²) < 4.78 is 38.6. The Balaban J connectivity index is 2.19. The lowest BCUT2D eigenvalue weighted by Crippen LogP contribution is -2.13. The molecule has 2 N–H and O–H groups in total. The van der Waals surface area contributed by atoms with Crippen LogP contribution in [0.2, 0.25) is 10.0 Å². The standard InChI is InChI=1S/C18H13Cl2F3N2O2/c1-10(26)24-15-6-4-12(19)9-16(15)25-17(27)7-3-11-2-5-14(20)13(8-11)18(21,22)23/h2-9H,1H3,(H,24,26)(H,25,27). The van der Waals surface area contributed by atoms with Crippen LogP contribution in [0.15, 0.2) is 42.5 Å². The van der Waals surface area contributed by atoms with Crippen molar-refractivity contribution >= 4 is 52.5 Å². The minimum Gasteiger partial charge on any atom is -0.325 e. The first-order valence-electron chi connectivity index (χ1n) is 7.49. The lowest BCUT2D eigenvalue weighted by atomic mass is 10.1. The molecule has 0 aliphatic carbocycles. The summed E-state index contributed by atoms with van der Waals surface area (Å²) in [6.07, 6.45) is -2.33. The van der Waals surface area contributed by atoms with Gasteiger partial charge in [0.05, 0.1) is 22.0 Å². The van der Waals surface area contributed by atoms with E-state index in [9.17, 15) is 22.8 Å². The van der Waals surface area contributed by atoms with Gasteiger partial charge in [-0.15, -0.1) is 0 Å². The van der Waals surface area contributed by atoms with Crippen LogP contribution < -0.4 is 10.6 Å². The number of benzene rings is 2. The molecular weight excluding hydrogens is 404 g/mol. The number of hydrogen-bond acceptors (Lipinski definition) is 2. The molecule has 142 valence electrons. The molecule has 4 nitrogen and oxygen atoms in total. The average molecular weight is 417 g/mol. The molecule has 0 aromatic heterocycles. The van der Waals surface area contributed by atoms with Crippen molar-refractivity contribution in [2.24, 2.45) is 0 Å². The van der Waals surface area contributed by atoms with Gasteiger partial charge in [-0.1, -0.05) is 29.3 Å². The molecule has 2 amide bonds. The number of alkyl halides is 3. The number of nitrogens with one attached hydrogen (secondary N) is 2. The zero-order valence-corrected chi connectivity index (χ0v) is 15.3. The fourth-order valence-electron chi connectivity index (χ4n) is 2.13. The minimum absolute atomic E-state index is 0.148. The Morgan fingerprint density at radius 1 is 1.00 bits per heavy atom. The first-order valence-corrected chi connectivity index (χ1v) is 8.25. The van der Waals surface area contributed by atoms with Crippen LogP contribution in [0.5, 0.6) is 0 Å². The van der Waals surface area contributed by atoms with E-state index in [2.05, 4.69) is 10.6 Å². The maximum atomic E-state index is 12.9. The molecule has 0 atom stereocenters. The molecule has 0 saturated carbocycles. The summed E-state index contributed by atoms with van der Waals surface area (Å²) in [5, 5.41) is 4.95. The number of anilines is 2. The second kappa shape index (κ2) is 8.45. The summed E-state index contributed by atoms with van der Waals surface area (Å²) in [5.41, 5.74) is -0.261. The molecule has 9 heteroatoms. The van der Waals surface area contributed by atoms with Crippen molar-refractivity contribution in [3.63, 3.8) is 0 Å². The molecular formula is C18H13Cl2F3N2O2. The molecule has 0 aliphatic heterocycles. The van der Waals surface area contributed by atoms with Gasteiger partial charge in [0, 0.05) is 18.0 Å². The third-order valence-corrected chi connectivity index (χ3v) is 3.84. The summed E-state index contributed by atoms with van der Waals surface area (Å²) in [7, 11) is 0. The van der Waals surface area contributed by atoms with Crippen LogP contribution in [0.25, 0.3) is 6.08 Å². The molecule has 0 aliphatic rings. The third-order valence-electron chi connectivity index (χ3n) is 3.27. The number of rotatable bonds is 4. The molecule has 0 spiro atoms. The van der Waals surface area contributed by atoms with Crippen molar-refractivity contribution < 1.29 is 22.8 Å². The first kappa shape index (κ1) is 20.8. The molecule has 0 bridgehead atoms. The number of carbonyl (C=O) groups excluding carboxylic acids is 2. The maximum absolute atomic E-state index is 12.9. The van der Waals surface area contributed by atoms with Gasteiger partial charge in [-0.2, -0.15) is 13.2 Å². The Labute approximate surface area is 163 Å². The zero-order chi connectivity index (χ0) is 20.2. The third kappa shape index (κ3) is 6.01. The van der Waals surface area contributed by atoms with E-state index in [0.29, 0.717) is 10.7 Å². The first-order chi connectivity index (χ1) is 12.6. The van der Waals surface area contributed by atoms with Gasteiger partial charge in [0.15, 0.2) is 0 Å². The normalized spacial score (nSPS) is 11.5. The molecule has 0 unspecified atom stereocenters. The lowest BCUT2D eigenvalue weighted by molar-refractivity contribution is -0.137. The highest BCUT2D eigenvalue weighted by Gasteiger charge is 2.33. The zero-order valence-electron chi connectivity index (χ0n) is 13.8. The molecule has 2 aromatic carbocycles. The number of halogens is 5. The van der Waals surface area contributed by atoms with Gasteiger partial charge in [-0.25, -0.2) is 0 Å². The van der Waals surface area contributed by atoms with Crippen molar-refractivity contribution in [1.82, 2.24) is 0 Å². The van der Waals surface area contributed by atoms with Crippen molar-refractivity contribution in [3.05, 3.63) is 63.6 Å². The van der Waals surface area contributed by atoms with Crippen LogP contribution in [-0.4, -0.2) is 11.8 Å². The van der Waals surface area contributed by atoms with Gasteiger partial charge in [0.25, 0.3) is 0 Å². The van der Waals surface area contributed by atoms with Gasteiger partial charge in [-0.3, -0.25) is 9.59 Å². The van der Waals surface area contributed by atoms with Crippen LogP contribution in [-0.2, 0) is 15.8 Å². The van der Waals surface area contributed by atoms with E-state index in [0.717, 1.165) is 18.2 Å². The Morgan fingerprint density at radius 3 is 2.33 bits per heavy atom. The van der Waals surface area contributed by atoms with E-state index in [4.69, 9.17) is 23.2 Å². The van der Waals surface area contributed by atoms with Gasteiger partial charge in [-0.05, 0) is 42.0 Å². The summed E-state index contributed by atoms with van der Waals surface area (Å²) in [6, 6.07) is 7.77. The van der Waals surface area contributed by atoms with E-state index in [1.165, 1.54) is 37.3 Å². The molecule has 2 rings (SSSR count). The highest BCUT2D eigenvalue weighted by molar-refractivity contribution is 6.31.